The minimum absolute atomic E-state index is 0.256. The number of carbonyl (C=O) groups excluding carboxylic acids is 1. The number of aromatic hydroxyl groups is 1. The van der Waals surface area contributed by atoms with Crippen molar-refractivity contribution in [2.24, 2.45) is 0 Å². The molecule has 0 aromatic heterocycles. The van der Waals surface area contributed by atoms with E-state index in [4.69, 9.17) is 9.53 Å². The van der Waals surface area contributed by atoms with E-state index in [1.54, 1.807) is 24.3 Å². The molecule has 11 heavy (non-hydrogen) atoms. The first-order valence-corrected chi connectivity index (χ1v) is 3.45. The highest BCUT2D eigenvalue weighted by Gasteiger charge is 2.01. The molecule has 1 rings (SSSR count). The van der Waals surface area contributed by atoms with Gasteiger partial charge in [0.05, 0.1) is 0 Å². The molecule has 0 amide bonds. The van der Waals surface area contributed by atoms with Crippen molar-refractivity contribution >= 4 is 5.78 Å². The summed E-state index contributed by atoms with van der Waals surface area (Å²) in [6, 6.07) is 6.64. The molecule has 0 atom stereocenters. The predicted octanol–water partition coefficient (Wildman–Crippen LogP) is 2.25. The Balaban J connectivity index is 2.91. The summed E-state index contributed by atoms with van der Waals surface area (Å²) in [5.74, 6) is 1.89. The quantitative estimate of drug-likeness (QED) is 0.613. The molecule has 2 nitrogen and oxygen atoms in total. The number of benzene rings is 1. The largest absolute Gasteiger partial charge is 0.508 e. The van der Waals surface area contributed by atoms with E-state index in [0.29, 0.717) is 0 Å². The van der Waals surface area contributed by atoms with Crippen LogP contribution in [0.15, 0.2) is 24.3 Å². The van der Waals surface area contributed by atoms with Crippen molar-refractivity contribution in [3.8, 4) is 11.5 Å². The van der Waals surface area contributed by atoms with Crippen LogP contribution in [-0.4, -0.2) is 10.9 Å². The van der Waals surface area contributed by atoms with Gasteiger partial charge in [-0.3, -0.25) is 0 Å². The zero-order chi connectivity index (χ0) is 8.27. The summed E-state index contributed by atoms with van der Waals surface area (Å²) in [7, 11) is 0. The zero-order valence-corrected chi connectivity index (χ0v) is 6.66. The Kier molecular flexibility index (Phi) is 2.26. The lowest BCUT2D eigenvalue weighted by Crippen LogP contribution is -1.82. The standard InChI is InChI=1S/C9H10O2/c1-7(2)11-9-5-3-8(10)4-6-9/h3-6H,1-2H3/p+1. The van der Waals surface area contributed by atoms with Gasteiger partial charge in [0, 0.05) is 26.0 Å². The molecule has 2 heteroatoms. The Morgan fingerprint density at radius 2 is 1.73 bits per heavy atom. The van der Waals surface area contributed by atoms with Gasteiger partial charge < -0.3 is 5.11 Å². The fourth-order valence-corrected chi connectivity index (χ4v) is 0.750. The molecule has 1 N–H and O–H groups in total. The molecule has 0 heterocycles. The van der Waals surface area contributed by atoms with Gasteiger partial charge in [0.25, 0.3) is 0 Å². The van der Waals surface area contributed by atoms with Gasteiger partial charge in [0.1, 0.15) is 5.75 Å². The van der Waals surface area contributed by atoms with Crippen molar-refractivity contribution in [3.63, 3.8) is 0 Å². The molecule has 0 aliphatic carbocycles. The van der Waals surface area contributed by atoms with E-state index >= 15 is 0 Å². The Morgan fingerprint density at radius 3 is 2.18 bits per heavy atom. The van der Waals surface area contributed by atoms with Gasteiger partial charge in [-0.05, 0) is 12.1 Å². The van der Waals surface area contributed by atoms with Crippen molar-refractivity contribution in [3.05, 3.63) is 24.3 Å². The van der Waals surface area contributed by atoms with Crippen LogP contribution in [0.4, 0.5) is 0 Å². The minimum atomic E-state index is 0.256. The summed E-state index contributed by atoms with van der Waals surface area (Å²) in [6.07, 6.45) is 0. The molecule has 0 spiro atoms. The molecule has 0 aliphatic heterocycles. The van der Waals surface area contributed by atoms with Gasteiger partial charge in [-0.2, -0.15) is 0 Å². The summed E-state index contributed by atoms with van der Waals surface area (Å²) in [6.45, 7) is 3.76. The second-order valence-corrected chi connectivity index (χ2v) is 2.50. The van der Waals surface area contributed by atoms with Crippen LogP contribution >= 0.6 is 0 Å². The van der Waals surface area contributed by atoms with Gasteiger partial charge >= 0.3 is 11.5 Å². The smallest absolute Gasteiger partial charge is 0.352 e. The highest BCUT2D eigenvalue weighted by Crippen LogP contribution is 2.15. The normalized spacial score (nSPS) is 9.27. The lowest BCUT2D eigenvalue weighted by Gasteiger charge is -1.85. The molecule has 0 saturated heterocycles. The maximum Gasteiger partial charge on any atom is 0.352 e. The van der Waals surface area contributed by atoms with Gasteiger partial charge in [-0.1, -0.05) is 0 Å². The summed E-state index contributed by atoms with van der Waals surface area (Å²) in [4.78, 5) is 0. The molecule has 1 aromatic carbocycles. The second kappa shape index (κ2) is 3.19. The first-order valence-electron chi connectivity index (χ1n) is 3.45. The topological polar surface area (TPSA) is 31.5 Å². The molecule has 58 valence electrons. The van der Waals surface area contributed by atoms with E-state index in [1.165, 1.54) is 0 Å². The third-order valence-corrected chi connectivity index (χ3v) is 1.16. The first kappa shape index (κ1) is 7.79. The monoisotopic (exact) mass is 151 g/mol. The SMILES string of the molecule is CC(C)=[O+]c1ccc(O)cc1. The molecule has 0 aliphatic rings. The van der Waals surface area contributed by atoms with E-state index < -0.39 is 0 Å². The van der Waals surface area contributed by atoms with Crippen molar-refractivity contribution in [2.75, 3.05) is 0 Å². The predicted molar refractivity (Wildman–Crippen MR) is 43.9 cm³/mol. The average Bonchev–Trinajstić information content (AvgIpc) is 1.93. The highest BCUT2D eigenvalue weighted by atomic mass is 16.4. The first-order chi connectivity index (χ1) is 5.18. The number of phenols is 1. The Hall–Kier alpha value is -1.31. The summed E-state index contributed by atoms with van der Waals surface area (Å²) in [5, 5.41) is 8.93. The molecule has 0 unspecified atom stereocenters. The Labute approximate surface area is 65.8 Å². The number of ketones is 1. The lowest BCUT2D eigenvalue weighted by atomic mass is 10.3. The van der Waals surface area contributed by atoms with Crippen LogP contribution in [0, 0.1) is 0 Å². The number of hydrogen-bond donors (Lipinski definition) is 1. The van der Waals surface area contributed by atoms with Crippen LogP contribution in [0.3, 0.4) is 0 Å². The Bertz CT molecular complexity index is 255. The van der Waals surface area contributed by atoms with Crippen molar-refractivity contribution in [1.82, 2.24) is 0 Å². The highest BCUT2D eigenvalue weighted by molar-refractivity contribution is 5.73. The summed E-state index contributed by atoms with van der Waals surface area (Å²) in [5.41, 5.74) is 0. The van der Waals surface area contributed by atoms with E-state index in [-0.39, 0.29) is 5.75 Å². The van der Waals surface area contributed by atoms with Crippen molar-refractivity contribution < 1.29 is 9.53 Å². The van der Waals surface area contributed by atoms with Crippen LogP contribution in [0.2, 0.25) is 0 Å². The summed E-state index contributed by atoms with van der Waals surface area (Å²) < 4.78 is 5.27. The molecule has 0 bridgehead atoms. The molecular weight excluding hydrogens is 140 g/mol. The molecular formula is C9H11O2+. The molecule has 1 aromatic rings. The van der Waals surface area contributed by atoms with E-state index in [2.05, 4.69) is 0 Å². The van der Waals surface area contributed by atoms with Gasteiger partial charge in [-0.15, -0.1) is 0 Å². The van der Waals surface area contributed by atoms with E-state index in [0.717, 1.165) is 11.5 Å². The van der Waals surface area contributed by atoms with Crippen LogP contribution in [-0.2, 0) is 4.42 Å². The second-order valence-electron chi connectivity index (χ2n) is 2.50. The third kappa shape index (κ3) is 2.42. The van der Waals surface area contributed by atoms with E-state index in [1.807, 2.05) is 13.8 Å². The zero-order valence-electron chi connectivity index (χ0n) is 6.66. The molecule has 0 saturated carbocycles. The number of rotatable bonds is 1. The average molecular weight is 151 g/mol. The van der Waals surface area contributed by atoms with E-state index in [9.17, 15) is 0 Å². The fourth-order valence-electron chi connectivity index (χ4n) is 0.750. The van der Waals surface area contributed by atoms with Gasteiger partial charge in [-0.25, -0.2) is 4.42 Å². The third-order valence-electron chi connectivity index (χ3n) is 1.16. The van der Waals surface area contributed by atoms with Crippen molar-refractivity contribution in [1.29, 1.82) is 0 Å². The maximum atomic E-state index is 8.93. The number of hydrogen-bond acceptors (Lipinski definition) is 1. The van der Waals surface area contributed by atoms with Crippen LogP contribution in [0.25, 0.3) is 0 Å². The lowest BCUT2D eigenvalue weighted by molar-refractivity contribution is -0.367. The number of phenolic OH excluding ortho intramolecular Hbond substituents is 1. The molecule has 0 radical (unpaired) electrons. The maximum absolute atomic E-state index is 8.93. The van der Waals surface area contributed by atoms with Crippen LogP contribution in [0.5, 0.6) is 11.5 Å². The molecule has 0 fully saturated rings. The van der Waals surface area contributed by atoms with Gasteiger partial charge in [0.2, 0.25) is 0 Å². The van der Waals surface area contributed by atoms with Crippen LogP contribution < -0.4 is 0 Å². The van der Waals surface area contributed by atoms with Crippen molar-refractivity contribution in [2.45, 2.75) is 13.8 Å². The Morgan fingerprint density at radius 1 is 1.18 bits per heavy atom. The fraction of sp³-hybridized carbons (Fsp3) is 0.222. The summed E-state index contributed by atoms with van der Waals surface area (Å²) >= 11 is 0. The minimum Gasteiger partial charge on any atom is -0.508 e. The van der Waals surface area contributed by atoms with Crippen LogP contribution in [0.1, 0.15) is 13.8 Å². The van der Waals surface area contributed by atoms with Gasteiger partial charge in [0.15, 0.2) is 0 Å².